The Morgan fingerprint density at radius 2 is 1.72 bits per heavy atom. The zero-order valence-electron chi connectivity index (χ0n) is 26.6. The number of nitrogens with zero attached hydrogens (tertiary/aromatic N) is 7. The summed E-state index contributed by atoms with van der Waals surface area (Å²) in [5, 5.41) is 5.14. The molecule has 0 radical (unpaired) electrons. The maximum absolute atomic E-state index is 13.9. The van der Waals surface area contributed by atoms with Crippen LogP contribution in [0.3, 0.4) is 0 Å². The van der Waals surface area contributed by atoms with Gasteiger partial charge in [0, 0.05) is 73.1 Å². The van der Waals surface area contributed by atoms with Gasteiger partial charge in [-0.1, -0.05) is 18.2 Å². The van der Waals surface area contributed by atoms with Crippen LogP contribution in [0.4, 0.5) is 4.79 Å². The van der Waals surface area contributed by atoms with Gasteiger partial charge in [-0.25, -0.2) is 27.2 Å². The molecule has 1 saturated carbocycles. The molecule has 0 spiro atoms. The molecular formula is C34H37N7O5S. The zero-order valence-corrected chi connectivity index (χ0v) is 27.4. The molecule has 1 aromatic carbocycles. The third kappa shape index (κ3) is 6.71. The van der Waals surface area contributed by atoms with Crippen LogP contribution >= 0.6 is 0 Å². The largest absolute Gasteiger partial charge is 0.473 e. The van der Waals surface area contributed by atoms with Crippen LogP contribution in [-0.2, 0) is 21.3 Å². The Balaban J connectivity index is 1.20. The molecule has 0 unspecified atom stereocenters. The summed E-state index contributed by atoms with van der Waals surface area (Å²) in [7, 11) is -3.97. The summed E-state index contributed by atoms with van der Waals surface area (Å²) in [5.74, 6) is 0.994. The standard InChI is InChI=1S/C34H37N7O5S/c1-34(2,3)46-33(42)39-13-11-26(12-14-39)45-31-19-35-18-30(38-31)29-22-41(47(43,44)27-7-5-4-6-8-27)32-28(29)15-24(16-36-32)25-17-37-40(21-25)20-23-9-10-23/h4-8,15-19,21-23,26H,9-14,20H2,1-3H3. The minimum atomic E-state index is -3.97. The number of carbonyl (C=O) groups is 1. The highest BCUT2D eigenvalue weighted by molar-refractivity contribution is 7.90. The van der Waals surface area contributed by atoms with E-state index in [-0.39, 0.29) is 22.7 Å². The highest BCUT2D eigenvalue weighted by atomic mass is 32.2. The summed E-state index contributed by atoms with van der Waals surface area (Å²) >= 11 is 0. The monoisotopic (exact) mass is 655 g/mol. The number of fused-ring (bicyclic) bond motifs is 1. The van der Waals surface area contributed by atoms with Gasteiger partial charge in [-0.2, -0.15) is 5.10 Å². The molecule has 1 amide bonds. The second-order valence-corrected chi connectivity index (χ2v) is 15.0. The predicted octanol–water partition coefficient (Wildman–Crippen LogP) is 5.78. The number of amides is 1. The van der Waals surface area contributed by atoms with Crippen LogP contribution in [0.1, 0.15) is 46.5 Å². The molecule has 13 heteroatoms. The number of benzene rings is 1. The summed E-state index contributed by atoms with van der Waals surface area (Å²) in [6, 6.07) is 10.2. The van der Waals surface area contributed by atoms with Crippen molar-refractivity contribution in [1.82, 2.24) is 33.6 Å². The van der Waals surface area contributed by atoms with Gasteiger partial charge < -0.3 is 14.4 Å². The van der Waals surface area contributed by atoms with Gasteiger partial charge in [0.05, 0.1) is 29.2 Å². The van der Waals surface area contributed by atoms with Gasteiger partial charge in [0.15, 0.2) is 5.65 Å². The van der Waals surface area contributed by atoms with E-state index in [4.69, 9.17) is 14.5 Å². The van der Waals surface area contributed by atoms with E-state index in [9.17, 15) is 13.2 Å². The van der Waals surface area contributed by atoms with Crippen LogP contribution in [0.25, 0.3) is 33.4 Å². The lowest BCUT2D eigenvalue weighted by Crippen LogP contribution is -2.44. The summed E-state index contributed by atoms with van der Waals surface area (Å²) < 4.78 is 42.6. The first-order valence-electron chi connectivity index (χ1n) is 15.8. The minimum absolute atomic E-state index is 0.150. The molecular weight excluding hydrogens is 618 g/mol. The van der Waals surface area contributed by atoms with Crippen LogP contribution in [0.2, 0.25) is 0 Å². The van der Waals surface area contributed by atoms with E-state index >= 15 is 0 Å². The lowest BCUT2D eigenvalue weighted by molar-refractivity contribution is 0.0123. The highest BCUT2D eigenvalue weighted by Crippen LogP contribution is 2.35. The van der Waals surface area contributed by atoms with Crippen LogP contribution < -0.4 is 4.74 Å². The second-order valence-electron chi connectivity index (χ2n) is 13.2. The Kier molecular flexibility index (Phi) is 7.95. The Morgan fingerprint density at radius 3 is 2.45 bits per heavy atom. The third-order valence-electron chi connectivity index (χ3n) is 8.29. The lowest BCUT2D eigenvalue weighted by Gasteiger charge is -2.33. The number of piperidine rings is 1. The molecule has 7 rings (SSSR count). The topological polar surface area (TPSA) is 134 Å². The minimum Gasteiger partial charge on any atom is -0.473 e. The van der Waals surface area contributed by atoms with Crippen molar-refractivity contribution >= 4 is 27.1 Å². The lowest BCUT2D eigenvalue weighted by atomic mass is 10.1. The fourth-order valence-corrected chi connectivity index (χ4v) is 7.04. The van der Waals surface area contributed by atoms with Gasteiger partial charge >= 0.3 is 6.09 Å². The Labute approximate surface area is 273 Å². The van der Waals surface area contributed by atoms with E-state index in [1.807, 2.05) is 43.9 Å². The molecule has 0 bridgehead atoms. The number of aromatic nitrogens is 6. The van der Waals surface area contributed by atoms with Crippen LogP contribution in [0.5, 0.6) is 5.88 Å². The third-order valence-corrected chi connectivity index (χ3v) is 9.95. The normalized spacial score (nSPS) is 16.0. The van der Waals surface area contributed by atoms with Crippen molar-refractivity contribution in [3.63, 3.8) is 0 Å². The maximum atomic E-state index is 13.9. The quantitative estimate of drug-likeness (QED) is 0.204. The molecule has 47 heavy (non-hydrogen) atoms. The van der Waals surface area contributed by atoms with Crippen molar-refractivity contribution in [1.29, 1.82) is 0 Å². The molecule has 1 saturated heterocycles. The molecule has 4 aromatic heterocycles. The van der Waals surface area contributed by atoms with Crippen molar-refractivity contribution in [2.75, 3.05) is 13.1 Å². The van der Waals surface area contributed by atoms with E-state index < -0.39 is 15.6 Å². The first-order chi connectivity index (χ1) is 22.5. The number of pyridine rings is 1. The van der Waals surface area contributed by atoms with E-state index in [0.717, 1.165) is 17.7 Å². The van der Waals surface area contributed by atoms with Gasteiger partial charge in [-0.3, -0.25) is 9.67 Å². The number of ether oxygens (including phenoxy) is 2. The number of carbonyl (C=O) groups excluding carboxylic acids is 1. The number of hydrogen-bond donors (Lipinski definition) is 0. The molecule has 5 heterocycles. The van der Waals surface area contributed by atoms with Crippen LogP contribution in [-0.4, -0.2) is 72.9 Å². The fraction of sp³-hybridized carbons (Fsp3) is 0.382. The fourth-order valence-electron chi connectivity index (χ4n) is 5.70. The van der Waals surface area contributed by atoms with Gasteiger partial charge in [-0.05, 0) is 57.7 Å². The van der Waals surface area contributed by atoms with Crippen molar-refractivity contribution in [2.24, 2.45) is 5.92 Å². The first-order valence-corrected chi connectivity index (χ1v) is 17.3. The first kappa shape index (κ1) is 30.9. The van der Waals surface area contributed by atoms with E-state index in [0.29, 0.717) is 54.4 Å². The molecule has 5 aromatic rings. The van der Waals surface area contributed by atoms with E-state index in [1.165, 1.54) is 16.8 Å². The van der Waals surface area contributed by atoms with E-state index in [1.54, 1.807) is 60.0 Å². The van der Waals surface area contributed by atoms with Gasteiger partial charge in [0.25, 0.3) is 10.0 Å². The Hall–Kier alpha value is -4.78. The molecule has 2 aliphatic rings. The molecule has 1 aliphatic heterocycles. The van der Waals surface area contributed by atoms with Crippen LogP contribution in [0, 0.1) is 5.92 Å². The Bertz CT molecular complexity index is 2020. The summed E-state index contributed by atoms with van der Waals surface area (Å²) in [5.41, 5.74) is 2.43. The predicted molar refractivity (Wildman–Crippen MR) is 175 cm³/mol. The second kappa shape index (κ2) is 12.1. The smallest absolute Gasteiger partial charge is 0.410 e. The molecule has 244 valence electrons. The molecule has 0 atom stereocenters. The zero-order chi connectivity index (χ0) is 32.8. The average Bonchev–Trinajstić information content (AvgIpc) is 3.59. The summed E-state index contributed by atoms with van der Waals surface area (Å²) in [6.07, 6.45) is 13.4. The van der Waals surface area contributed by atoms with Gasteiger partial charge in [-0.15, -0.1) is 0 Å². The van der Waals surface area contributed by atoms with Crippen LogP contribution in [0.15, 0.2) is 78.5 Å². The molecule has 2 fully saturated rings. The maximum Gasteiger partial charge on any atom is 0.410 e. The van der Waals surface area contributed by atoms with Gasteiger partial charge in [0.1, 0.15) is 11.7 Å². The van der Waals surface area contributed by atoms with Crippen molar-refractivity contribution in [3.05, 3.63) is 73.6 Å². The van der Waals surface area contributed by atoms with Gasteiger partial charge in [0.2, 0.25) is 5.88 Å². The molecule has 12 nitrogen and oxygen atoms in total. The van der Waals surface area contributed by atoms with Crippen molar-refractivity contribution < 1.29 is 22.7 Å². The van der Waals surface area contributed by atoms with Crippen molar-refractivity contribution in [2.45, 2.75) is 69.6 Å². The SMILES string of the molecule is CC(C)(C)OC(=O)N1CCC(Oc2cncc(-c3cn(S(=O)(=O)c4ccccc4)c4ncc(-c5cnn(CC6CC6)c5)cc34)n2)CC1. The number of rotatable bonds is 8. The average molecular weight is 656 g/mol. The highest BCUT2D eigenvalue weighted by Gasteiger charge is 2.29. The molecule has 1 aliphatic carbocycles. The van der Waals surface area contributed by atoms with E-state index in [2.05, 4.69) is 15.1 Å². The van der Waals surface area contributed by atoms with Crippen molar-refractivity contribution in [3.8, 4) is 28.3 Å². The summed E-state index contributed by atoms with van der Waals surface area (Å²) in [6.45, 7) is 7.44. The molecule has 0 N–H and O–H groups in total. The Morgan fingerprint density at radius 1 is 0.957 bits per heavy atom. The number of hydrogen-bond acceptors (Lipinski definition) is 9. The summed E-state index contributed by atoms with van der Waals surface area (Å²) in [4.78, 5) is 28.2. The number of likely N-dealkylation sites (tertiary alicyclic amines) is 1.